The topological polar surface area (TPSA) is 64.9 Å². The minimum Gasteiger partial charge on any atom is -0.367 e. The summed E-state index contributed by atoms with van der Waals surface area (Å²) in [5.41, 5.74) is 9.33. The second kappa shape index (κ2) is 4.77. The molecule has 2 heterocycles. The van der Waals surface area contributed by atoms with Gasteiger partial charge in [-0.15, -0.1) is 0 Å². The van der Waals surface area contributed by atoms with E-state index in [1.54, 1.807) is 24.5 Å². The zero-order valence-electron chi connectivity index (χ0n) is 10.8. The summed E-state index contributed by atoms with van der Waals surface area (Å²) in [4.78, 5) is 4.06. The maximum atomic E-state index is 13.5. The average molecular weight is 269 g/mol. The van der Waals surface area contributed by atoms with Crippen LogP contribution in [-0.4, -0.2) is 10.1 Å². The lowest BCUT2D eigenvalue weighted by Crippen LogP contribution is -1.91. The summed E-state index contributed by atoms with van der Waals surface area (Å²) < 4.78 is 18.5. The van der Waals surface area contributed by atoms with Gasteiger partial charge in [0.1, 0.15) is 11.5 Å². The number of hydrogen-bond donors (Lipinski definition) is 1. The van der Waals surface area contributed by atoms with Gasteiger partial charge in [0.25, 0.3) is 0 Å². The van der Waals surface area contributed by atoms with Gasteiger partial charge in [0.05, 0.1) is 5.56 Å². The number of nitrogen functional groups attached to an aromatic ring is 1. The van der Waals surface area contributed by atoms with Gasteiger partial charge in [-0.1, -0.05) is 17.3 Å². The molecule has 0 fully saturated rings. The standard InChI is InChI=1S/C15H12FN3O/c1-9-4-5-11(16)7-12(9)14-13(15(17)20-19-14)10-3-2-6-18-8-10/h2-8H,17H2,1H3. The van der Waals surface area contributed by atoms with Gasteiger partial charge < -0.3 is 10.3 Å². The first-order chi connectivity index (χ1) is 9.66. The van der Waals surface area contributed by atoms with E-state index < -0.39 is 0 Å². The van der Waals surface area contributed by atoms with E-state index in [1.165, 1.54) is 12.1 Å². The Kier molecular flexibility index (Phi) is 2.95. The highest BCUT2D eigenvalue weighted by Gasteiger charge is 2.19. The lowest BCUT2D eigenvalue weighted by atomic mass is 9.99. The van der Waals surface area contributed by atoms with Crippen LogP contribution in [0.1, 0.15) is 5.56 Å². The summed E-state index contributed by atoms with van der Waals surface area (Å²) in [5, 5.41) is 3.97. The number of nitrogens with two attached hydrogens (primary N) is 1. The Morgan fingerprint density at radius 3 is 2.85 bits per heavy atom. The summed E-state index contributed by atoms with van der Waals surface area (Å²) >= 11 is 0. The van der Waals surface area contributed by atoms with Crippen LogP contribution in [0.2, 0.25) is 0 Å². The number of pyridine rings is 1. The highest BCUT2D eigenvalue weighted by molar-refractivity contribution is 5.87. The van der Waals surface area contributed by atoms with Crippen molar-refractivity contribution < 1.29 is 8.91 Å². The van der Waals surface area contributed by atoms with E-state index in [1.807, 2.05) is 13.0 Å². The lowest BCUT2D eigenvalue weighted by molar-refractivity contribution is 0.439. The zero-order chi connectivity index (χ0) is 14.1. The normalized spacial score (nSPS) is 10.7. The van der Waals surface area contributed by atoms with Gasteiger partial charge in [-0.3, -0.25) is 4.98 Å². The molecule has 4 nitrogen and oxygen atoms in total. The van der Waals surface area contributed by atoms with Crippen molar-refractivity contribution in [3.63, 3.8) is 0 Å². The Labute approximate surface area is 115 Å². The van der Waals surface area contributed by atoms with E-state index in [0.29, 0.717) is 16.8 Å². The molecule has 0 radical (unpaired) electrons. The third-order valence-electron chi connectivity index (χ3n) is 3.12. The molecule has 2 N–H and O–H groups in total. The molecule has 100 valence electrons. The highest BCUT2D eigenvalue weighted by Crippen LogP contribution is 2.37. The molecular formula is C15H12FN3O. The van der Waals surface area contributed by atoms with Crippen LogP contribution in [0.15, 0.2) is 47.2 Å². The molecule has 0 aliphatic rings. The van der Waals surface area contributed by atoms with Crippen molar-refractivity contribution >= 4 is 5.88 Å². The van der Waals surface area contributed by atoms with E-state index in [4.69, 9.17) is 10.3 Å². The van der Waals surface area contributed by atoms with Crippen molar-refractivity contribution in [2.75, 3.05) is 5.73 Å². The number of aryl methyl sites for hydroxylation is 1. The molecule has 0 spiro atoms. The van der Waals surface area contributed by atoms with Crippen LogP contribution < -0.4 is 5.73 Å². The van der Waals surface area contributed by atoms with Gasteiger partial charge in [0.15, 0.2) is 0 Å². The molecule has 3 aromatic rings. The number of anilines is 1. The molecule has 0 atom stereocenters. The Morgan fingerprint density at radius 2 is 2.10 bits per heavy atom. The molecule has 3 rings (SSSR count). The van der Waals surface area contributed by atoms with E-state index in [2.05, 4.69) is 10.1 Å². The van der Waals surface area contributed by atoms with Gasteiger partial charge in [0, 0.05) is 23.5 Å². The molecule has 2 aromatic heterocycles. The van der Waals surface area contributed by atoms with Crippen LogP contribution in [0.3, 0.4) is 0 Å². The smallest absolute Gasteiger partial charge is 0.230 e. The summed E-state index contributed by atoms with van der Waals surface area (Å²) in [5.74, 6) is -0.138. The minimum atomic E-state index is -0.329. The number of rotatable bonds is 2. The fourth-order valence-electron chi connectivity index (χ4n) is 2.13. The molecule has 20 heavy (non-hydrogen) atoms. The molecule has 0 bridgehead atoms. The van der Waals surface area contributed by atoms with Crippen LogP contribution >= 0.6 is 0 Å². The summed E-state index contributed by atoms with van der Waals surface area (Å²) in [6.45, 7) is 1.88. The SMILES string of the molecule is Cc1ccc(F)cc1-c1noc(N)c1-c1cccnc1. The number of nitrogens with zero attached hydrogens (tertiary/aromatic N) is 2. The molecule has 0 amide bonds. The highest BCUT2D eigenvalue weighted by atomic mass is 19.1. The van der Waals surface area contributed by atoms with Crippen LogP contribution in [0.4, 0.5) is 10.3 Å². The van der Waals surface area contributed by atoms with Crippen molar-refractivity contribution in [2.24, 2.45) is 0 Å². The Balaban J connectivity index is 2.24. The summed E-state index contributed by atoms with van der Waals surface area (Å²) in [6.07, 6.45) is 3.33. The van der Waals surface area contributed by atoms with Gasteiger partial charge in [0.2, 0.25) is 5.88 Å². The van der Waals surface area contributed by atoms with Crippen molar-refractivity contribution in [1.82, 2.24) is 10.1 Å². The third kappa shape index (κ3) is 2.03. The van der Waals surface area contributed by atoms with Gasteiger partial charge in [-0.05, 0) is 30.7 Å². The second-order valence-electron chi connectivity index (χ2n) is 4.47. The van der Waals surface area contributed by atoms with Crippen molar-refractivity contribution in [3.8, 4) is 22.4 Å². The van der Waals surface area contributed by atoms with Crippen LogP contribution in [-0.2, 0) is 0 Å². The predicted molar refractivity (Wildman–Crippen MR) is 74.3 cm³/mol. The van der Waals surface area contributed by atoms with E-state index in [-0.39, 0.29) is 11.7 Å². The molecule has 0 aliphatic heterocycles. The molecule has 0 saturated heterocycles. The fraction of sp³-hybridized carbons (Fsp3) is 0.0667. The minimum absolute atomic E-state index is 0.191. The van der Waals surface area contributed by atoms with Crippen molar-refractivity contribution in [1.29, 1.82) is 0 Å². The molecule has 1 aromatic carbocycles. The maximum absolute atomic E-state index is 13.5. The zero-order valence-corrected chi connectivity index (χ0v) is 10.8. The average Bonchev–Trinajstić information content (AvgIpc) is 2.84. The first kappa shape index (κ1) is 12.3. The number of hydrogen-bond acceptors (Lipinski definition) is 4. The molecular weight excluding hydrogens is 257 g/mol. The molecule has 0 unspecified atom stereocenters. The van der Waals surface area contributed by atoms with Crippen LogP contribution in [0, 0.1) is 12.7 Å². The summed E-state index contributed by atoms with van der Waals surface area (Å²) in [6, 6.07) is 8.18. The van der Waals surface area contributed by atoms with Gasteiger partial charge >= 0.3 is 0 Å². The first-order valence-corrected chi connectivity index (χ1v) is 6.09. The van der Waals surface area contributed by atoms with Gasteiger partial charge in [-0.25, -0.2) is 4.39 Å². The van der Waals surface area contributed by atoms with Crippen molar-refractivity contribution in [2.45, 2.75) is 6.92 Å². The number of aromatic nitrogens is 2. The van der Waals surface area contributed by atoms with Crippen LogP contribution in [0.5, 0.6) is 0 Å². The number of benzene rings is 1. The maximum Gasteiger partial charge on any atom is 0.230 e. The Bertz CT molecular complexity index is 753. The Morgan fingerprint density at radius 1 is 1.25 bits per heavy atom. The first-order valence-electron chi connectivity index (χ1n) is 6.09. The van der Waals surface area contributed by atoms with E-state index >= 15 is 0 Å². The largest absolute Gasteiger partial charge is 0.367 e. The third-order valence-corrected chi connectivity index (χ3v) is 3.12. The fourth-order valence-corrected chi connectivity index (χ4v) is 2.13. The molecule has 5 heteroatoms. The quantitative estimate of drug-likeness (QED) is 0.774. The Hall–Kier alpha value is -2.69. The van der Waals surface area contributed by atoms with E-state index in [9.17, 15) is 4.39 Å². The van der Waals surface area contributed by atoms with E-state index in [0.717, 1.165) is 11.1 Å². The predicted octanol–water partition coefficient (Wildman–Crippen LogP) is 3.43. The summed E-state index contributed by atoms with van der Waals surface area (Å²) in [7, 11) is 0. The van der Waals surface area contributed by atoms with Crippen molar-refractivity contribution in [3.05, 3.63) is 54.1 Å². The monoisotopic (exact) mass is 269 g/mol. The lowest BCUT2D eigenvalue weighted by Gasteiger charge is -2.05. The molecule has 0 aliphatic carbocycles. The van der Waals surface area contributed by atoms with Gasteiger partial charge in [-0.2, -0.15) is 0 Å². The second-order valence-corrected chi connectivity index (χ2v) is 4.47. The van der Waals surface area contributed by atoms with Crippen LogP contribution in [0.25, 0.3) is 22.4 Å². The molecule has 0 saturated carbocycles. The number of halogens is 1.